The molecule has 39 nitrogen and oxygen atoms in total. The fourth-order valence-corrected chi connectivity index (χ4v) is 3.96. The number of aliphatic hydroxyl groups excluding tert-OH is 3. The molecule has 0 radical (unpaired) electrons. The Labute approximate surface area is 495 Å². The molecule has 0 saturated carbocycles. The maximum Gasteiger partial charge on any atom is 0.414 e. The van der Waals surface area contributed by atoms with Crippen molar-refractivity contribution >= 4 is 89.3 Å². The van der Waals surface area contributed by atoms with Gasteiger partial charge in [-0.3, -0.25) is 48.5 Å². The highest BCUT2D eigenvalue weighted by Crippen LogP contribution is 2.15. The lowest BCUT2D eigenvalue weighted by Gasteiger charge is -2.18. The zero-order valence-corrected chi connectivity index (χ0v) is 45.1. The van der Waals surface area contributed by atoms with E-state index in [1.54, 1.807) is 60.8 Å². The number of amides is 1. The van der Waals surface area contributed by atoms with Crippen LogP contribution >= 0.6 is 0 Å². The van der Waals surface area contributed by atoms with Crippen molar-refractivity contribution in [3.05, 3.63) is 168 Å². The molecule has 0 fully saturated rings. The van der Waals surface area contributed by atoms with Crippen molar-refractivity contribution in [3.8, 4) is 0 Å². The molecule has 2 unspecified atom stereocenters. The molecule has 0 bridgehead atoms. The molecule has 1 amide bonds. The maximum absolute atomic E-state index is 10.6. The van der Waals surface area contributed by atoms with E-state index in [1.165, 1.54) is 62.0 Å². The average molecular weight is 1270 g/mol. The van der Waals surface area contributed by atoms with Crippen molar-refractivity contribution in [1.29, 1.82) is 0 Å². The van der Waals surface area contributed by atoms with Crippen LogP contribution in [-0.4, -0.2) is 214 Å². The van der Waals surface area contributed by atoms with Gasteiger partial charge in [0.05, 0.1) is 36.8 Å². The Morgan fingerprint density at radius 2 is 0.978 bits per heavy atom. The molecule has 5 rings (SSSR count). The van der Waals surface area contributed by atoms with E-state index in [-0.39, 0.29) is 29.2 Å². The van der Waals surface area contributed by atoms with Crippen LogP contribution in [0.1, 0.15) is 73.7 Å². The highest BCUT2D eigenvalue weighted by Gasteiger charge is 2.40. The number of hydrogen-bond donors (Lipinski definition) is 18. The first kappa shape index (κ1) is 85.0. The second-order valence-corrected chi connectivity index (χ2v) is 14.8. The third kappa shape index (κ3) is 50.7. The molecule has 19 N–H and O–H groups in total. The number of allylic oxidation sites excluding steroid dienone is 1. The van der Waals surface area contributed by atoms with E-state index in [0.29, 0.717) is 16.1 Å². The second kappa shape index (κ2) is 48.7. The van der Waals surface area contributed by atoms with Gasteiger partial charge in [0.1, 0.15) is 17.8 Å². The van der Waals surface area contributed by atoms with E-state index in [2.05, 4.69) is 19.9 Å². The summed E-state index contributed by atoms with van der Waals surface area (Å²) in [5.41, 5.74) is 3.11. The number of nitrogens with two attached hydrogens (primary N) is 1. The van der Waals surface area contributed by atoms with Crippen molar-refractivity contribution in [3.63, 3.8) is 0 Å². The number of aliphatic carboxylic acids is 10. The van der Waals surface area contributed by atoms with Crippen LogP contribution in [0.3, 0.4) is 0 Å². The maximum atomic E-state index is 10.6. The summed E-state index contributed by atoms with van der Waals surface area (Å²) < 4.78 is 0.308. The van der Waals surface area contributed by atoms with Gasteiger partial charge in [-0.05, 0) is 61.5 Å². The summed E-state index contributed by atoms with van der Waals surface area (Å²) in [4.78, 5) is 163. The molecule has 5 aromatic heterocycles. The Bertz CT molecular complexity index is 2940. The number of primary amides is 1. The van der Waals surface area contributed by atoms with Gasteiger partial charge in [-0.25, -0.2) is 43.3 Å². The summed E-state index contributed by atoms with van der Waals surface area (Å²) in [5, 5.41) is 148. The van der Waals surface area contributed by atoms with Crippen LogP contribution in [0.15, 0.2) is 134 Å². The number of carbonyl (C=O) groups is 15. The van der Waals surface area contributed by atoms with Gasteiger partial charge in [-0.15, -0.1) is 0 Å². The Balaban J connectivity index is -0.000000296. The zero-order chi connectivity index (χ0) is 70.0. The molecule has 0 saturated heterocycles. The summed E-state index contributed by atoms with van der Waals surface area (Å²) in [6.07, 6.45) is 2.72. The number of hydrogen-bond acceptors (Lipinski definition) is 24. The fraction of sp³-hybridized carbons (Fsp3) is 0.160. The third-order valence-electron chi connectivity index (χ3n) is 7.70. The van der Waals surface area contributed by atoms with Crippen LogP contribution in [0.25, 0.3) is 0 Å². The predicted molar refractivity (Wildman–Crippen MR) is 285 cm³/mol. The van der Waals surface area contributed by atoms with E-state index in [1.807, 2.05) is 0 Å². The Hall–Kier alpha value is -12.8. The van der Waals surface area contributed by atoms with E-state index in [0.717, 1.165) is 18.5 Å². The quantitative estimate of drug-likeness (QED) is 0.0125. The first-order valence-electron chi connectivity index (χ1n) is 22.6. The van der Waals surface area contributed by atoms with Crippen molar-refractivity contribution in [1.82, 2.24) is 19.9 Å². The minimum atomic E-state index is -2.74. The molecule has 2 atom stereocenters. The summed E-state index contributed by atoms with van der Waals surface area (Å²) >= 11 is 0. The van der Waals surface area contributed by atoms with Gasteiger partial charge in [0.25, 0.3) is 5.91 Å². The highest BCUT2D eigenvalue weighted by molar-refractivity contribution is 6.27. The summed E-state index contributed by atoms with van der Waals surface area (Å²) in [6.45, 7) is 1.37. The Morgan fingerprint density at radius 1 is 0.539 bits per heavy atom. The minimum absolute atomic E-state index is 0.000833. The van der Waals surface area contributed by atoms with Crippen LogP contribution in [-0.2, 0) is 59.2 Å². The average Bonchev–Trinajstić information content (AvgIpc) is 2.03. The van der Waals surface area contributed by atoms with Gasteiger partial charge in [0.15, 0.2) is 29.8 Å². The van der Waals surface area contributed by atoms with Gasteiger partial charge < -0.3 is 97.8 Å². The number of pyridine rings is 5. The van der Waals surface area contributed by atoms with Gasteiger partial charge in [-0.1, -0.05) is 18.2 Å². The van der Waals surface area contributed by atoms with E-state index >= 15 is 0 Å². The molecule has 0 aliphatic carbocycles. The first-order valence-corrected chi connectivity index (χ1v) is 22.6. The molecule has 0 aromatic carbocycles. The number of ketones is 1. The van der Waals surface area contributed by atoms with E-state index in [4.69, 9.17) is 102 Å². The molecule has 0 aliphatic rings. The number of aromatic nitrogens is 5. The minimum Gasteiger partial charge on any atom is -0.618 e. The van der Waals surface area contributed by atoms with Gasteiger partial charge in [0.2, 0.25) is 0 Å². The van der Waals surface area contributed by atoms with Crippen LogP contribution < -0.4 is 10.5 Å². The SMILES string of the molecule is CC(=O)/C=C/O.NC(=O)c1ccccn1.O=C(O)C(=O)O.O=C(O)C(O)C(O)C(=O)O.O=C(O)CC(=O)O.O=C(O)CC(O)(CC(=O)O)C(=O)O.O=C(O)Cc1ccccn1.O=C(O)c1cccc[n+]1[O-].O=C(O)c1ccccn1.O=C(O)c1cccnc1. The van der Waals surface area contributed by atoms with Crippen molar-refractivity contribution in [2.75, 3.05) is 0 Å². The fourth-order valence-electron chi connectivity index (χ4n) is 3.96. The van der Waals surface area contributed by atoms with Crippen LogP contribution in [0, 0.1) is 5.21 Å². The number of rotatable bonds is 17. The monoisotopic (exact) mass is 1270 g/mol. The van der Waals surface area contributed by atoms with Crippen LogP contribution in [0.2, 0.25) is 0 Å². The van der Waals surface area contributed by atoms with Crippen LogP contribution in [0.4, 0.5) is 0 Å². The number of nitrogens with zero attached hydrogens (tertiary/aromatic N) is 5. The van der Waals surface area contributed by atoms with Crippen molar-refractivity contribution in [2.45, 2.75) is 50.4 Å². The molecular weight excluding hydrogens is 1210 g/mol. The van der Waals surface area contributed by atoms with Gasteiger partial charge >= 0.3 is 83.3 Å². The lowest BCUT2D eigenvalue weighted by Crippen LogP contribution is -2.42. The lowest BCUT2D eigenvalue weighted by atomic mass is 9.96. The number of aliphatic hydroxyl groups is 4. The molecule has 0 spiro atoms. The smallest absolute Gasteiger partial charge is 0.414 e. The topological polar surface area (TPSA) is 704 Å². The summed E-state index contributed by atoms with van der Waals surface area (Å²) in [6, 6.07) is 22.3. The predicted octanol–water partition coefficient (Wildman–Crippen LogP) is -1.56. The van der Waals surface area contributed by atoms with Crippen molar-refractivity contribution < 1.29 is 163 Å². The second-order valence-electron chi connectivity index (χ2n) is 14.8. The largest absolute Gasteiger partial charge is 0.618 e. The Kier molecular flexibility index (Phi) is 46.5. The molecule has 39 heteroatoms. The normalized spacial score (nSPS) is 9.89. The van der Waals surface area contributed by atoms with Crippen LogP contribution in [0.5, 0.6) is 0 Å². The number of carboxylic acids is 13. The molecule has 482 valence electrons. The molecular formula is C50H54N6O33. The molecule has 89 heavy (non-hydrogen) atoms. The lowest BCUT2D eigenvalue weighted by molar-refractivity contribution is -0.608. The first-order chi connectivity index (χ1) is 41.2. The van der Waals surface area contributed by atoms with E-state index < -0.39 is 121 Å². The third-order valence-corrected chi connectivity index (χ3v) is 7.70. The number of aromatic carboxylic acids is 3. The van der Waals surface area contributed by atoms with Crippen molar-refractivity contribution in [2.24, 2.45) is 5.73 Å². The summed E-state index contributed by atoms with van der Waals surface area (Å²) in [5.74, 6) is -19.5. The Morgan fingerprint density at radius 3 is 1.18 bits per heavy atom. The summed E-state index contributed by atoms with van der Waals surface area (Å²) in [7, 11) is 0. The highest BCUT2D eigenvalue weighted by atomic mass is 16.5. The van der Waals surface area contributed by atoms with E-state index in [9.17, 15) is 67.5 Å². The number of carbonyl (C=O) groups excluding carboxylic acids is 2. The molecule has 5 heterocycles. The van der Waals surface area contributed by atoms with Gasteiger partial charge in [-0.2, -0.15) is 4.73 Å². The zero-order valence-electron chi connectivity index (χ0n) is 45.1. The number of carboxylic acid groups (broad SMARTS) is 13. The molecule has 5 aromatic rings. The molecule has 0 aliphatic heterocycles. The van der Waals surface area contributed by atoms with Gasteiger partial charge in [0, 0.05) is 49.2 Å². The standard InChI is InChI=1S/C7H7NO2.C6H6N2O.C6H5NO3.2C6H5NO2.C6H8O7.C4H6O6.C4H6O2.C3H4O4.C2H2O4/c9-7(10)5-6-3-1-2-4-8-6;7-6(9)5-3-1-2-4-8-5;8-6(9)5-3-1-2-4-7(5)10;8-6(9)5-2-1-3-7-4-5;8-6(9)5-3-1-2-4-7-5;7-3(8)1-6(13,5(11)12)2-4(9)10;5-1(3(7)8)2(6)4(9)10;1-4(6)2-3-5;4-2(5)1-3(6)7;3-1(4)2(5)6/h1-4H,5H2,(H,9,10);1-4H,(H2,7,9);1-4H,(H,8,9);2*1-4H,(H,8,9);13H,1-2H2,(H,7,8)(H,9,10)(H,11,12);1-2,5-6H,(H,7,8)(H,9,10);2-3,5H,1H3;1H2,(H,4,5)(H,6,7);(H,3,4)(H,5,6)/b;;;;;;;3-2+;;.